The SMILES string of the molecule is C=C(C)C(=O)Oc1ccc(/C=C/c2ccc(/C=C/c3ccc(OC(=O)C(=C)C)cc3OC(=O)C(=C)C)c(F)c2)c(OC(=O)C(=C)C)c1. The van der Waals surface area contributed by atoms with Crippen molar-refractivity contribution in [1.82, 2.24) is 0 Å². The number of halogens is 1. The van der Waals surface area contributed by atoms with Crippen molar-refractivity contribution < 1.29 is 42.5 Å². The van der Waals surface area contributed by atoms with Gasteiger partial charge in [-0.1, -0.05) is 62.8 Å². The Morgan fingerprint density at radius 1 is 0.511 bits per heavy atom. The monoisotopic (exact) mass is 636 g/mol. The fraction of sp³-hybridized carbons (Fsp3) is 0.105. The second kappa shape index (κ2) is 15.8. The zero-order valence-electron chi connectivity index (χ0n) is 26.5. The van der Waals surface area contributed by atoms with Gasteiger partial charge < -0.3 is 18.9 Å². The molecular formula is C38H33FO8. The van der Waals surface area contributed by atoms with Crippen molar-refractivity contribution in [2.45, 2.75) is 27.7 Å². The molecule has 0 aliphatic carbocycles. The highest BCUT2D eigenvalue weighted by Gasteiger charge is 2.15. The molecule has 0 heterocycles. The van der Waals surface area contributed by atoms with Crippen LogP contribution in [0.15, 0.2) is 103 Å². The normalized spacial score (nSPS) is 10.7. The van der Waals surface area contributed by atoms with E-state index in [4.69, 9.17) is 18.9 Å². The van der Waals surface area contributed by atoms with Crippen molar-refractivity contribution in [2.24, 2.45) is 0 Å². The number of hydrogen-bond acceptors (Lipinski definition) is 8. The van der Waals surface area contributed by atoms with Gasteiger partial charge in [0.2, 0.25) is 0 Å². The predicted molar refractivity (Wildman–Crippen MR) is 179 cm³/mol. The second-order valence-electron chi connectivity index (χ2n) is 10.5. The van der Waals surface area contributed by atoms with E-state index in [1.165, 1.54) is 64.1 Å². The van der Waals surface area contributed by atoms with Gasteiger partial charge in [0.15, 0.2) is 0 Å². The molecule has 0 aliphatic rings. The minimum atomic E-state index is -0.689. The molecule has 8 nitrogen and oxygen atoms in total. The summed E-state index contributed by atoms with van der Waals surface area (Å²) >= 11 is 0. The highest BCUT2D eigenvalue weighted by molar-refractivity contribution is 5.92. The molecule has 0 unspecified atom stereocenters. The van der Waals surface area contributed by atoms with E-state index in [-0.39, 0.29) is 50.9 Å². The van der Waals surface area contributed by atoms with Crippen LogP contribution in [0.25, 0.3) is 24.3 Å². The van der Waals surface area contributed by atoms with E-state index in [0.29, 0.717) is 16.7 Å². The first-order valence-electron chi connectivity index (χ1n) is 14.1. The van der Waals surface area contributed by atoms with E-state index in [9.17, 15) is 19.2 Å². The summed E-state index contributed by atoms with van der Waals surface area (Å²) in [7, 11) is 0. The summed E-state index contributed by atoms with van der Waals surface area (Å²) < 4.78 is 36.5. The van der Waals surface area contributed by atoms with Crippen LogP contribution in [0.4, 0.5) is 4.39 Å². The Hall–Kier alpha value is -6.09. The summed E-state index contributed by atoms with van der Waals surface area (Å²) in [5.41, 5.74) is 2.29. The molecule has 9 heteroatoms. The lowest BCUT2D eigenvalue weighted by molar-refractivity contribution is -0.131. The molecule has 0 fully saturated rings. The van der Waals surface area contributed by atoms with Crippen LogP contribution in [0, 0.1) is 5.82 Å². The highest BCUT2D eigenvalue weighted by atomic mass is 19.1. The molecule has 0 N–H and O–H groups in total. The number of carbonyl (C=O) groups is 4. The molecule has 3 aromatic rings. The first-order valence-corrected chi connectivity index (χ1v) is 14.1. The Morgan fingerprint density at radius 3 is 1.28 bits per heavy atom. The van der Waals surface area contributed by atoms with Gasteiger partial charge in [-0.05, 0) is 63.6 Å². The van der Waals surface area contributed by atoms with Gasteiger partial charge in [0.25, 0.3) is 0 Å². The lowest BCUT2D eigenvalue weighted by Crippen LogP contribution is -2.11. The molecular weight excluding hydrogens is 603 g/mol. The van der Waals surface area contributed by atoms with Crippen LogP contribution >= 0.6 is 0 Å². The number of carbonyl (C=O) groups excluding carboxylic acids is 4. The minimum absolute atomic E-state index is 0.0739. The molecule has 240 valence electrons. The summed E-state index contributed by atoms with van der Waals surface area (Å²) in [6, 6.07) is 13.4. The van der Waals surface area contributed by atoms with E-state index >= 15 is 4.39 Å². The van der Waals surface area contributed by atoms with Gasteiger partial charge in [-0.3, -0.25) is 0 Å². The molecule has 0 radical (unpaired) electrons. The summed E-state index contributed by atoms with van der Waals surface area (Å²) in [5.74, 6) is -2.76. The van der Waals surface area contributed by atoms with Gasteiger partial charge in [0.05, 0.1) is 0 Å². The first kappa shape index (κ1) is 35.4. The van der Waals surface area contributed by atoms with Crippen molar-refractivity contribution >= 4 is 48.2 Å². The first-order chi connectivity index (χ1) is 22.1. The molecule has 3 aromatic carbocycles. The van der Waals surface area contributed by atoms with E-state index in [0.717, 1.165) is 0 Å². The number of rotatable bonds is 12. The third kappa shape index (κ3) is 10.2. The maximum absolute atomic E-state index is 15.2. The second-order valence-corrected chi connectivity index (χ2v) is 10.5. The number of ether oxygens (including phenoxy) is 4. The quantitative estimate of drug-likeness (QED) is 0.0850. The van der Waals surface area contributed by atoms with Gasteiger partial charge in [-0.25, -0.2) is 23.6 Å². The van der Waals surface area contributed by atoms with Crippen LogP contribution < -0.4 is 18.9 Å². The zero-order chi connectivity index (χ0) is 34.8. The van der Waals surface area contributed by atoms with E-state index in [2.05, 4.69) is 26.3 Å². The van der Waals surface area contributed by atoms with Crippen LogP contribution in [-0.2, 0) is 19.2 Å². The summed E-state index contributed by atoms with van der Waals surface area (Å²) in [6.45, 7) is 20.2. The van der Waals surface area contributed by atoms with E-state index in [1.807, 2.05) is 0 Å². The third-order valence-corrected chi connectivity index (χ3v) is 6.11. The van der Waals surface area contributed by atoms with Crippen LogP contribution in [0.2, 0.25) is 0 Å². The summed E-state index contributed by atoms with van der Waals surface area (Å²) in [4.78, 5) is 48.4. The van der Waals surface area contributed by atoms with Crippen LogP contribution in [-0.4, -0.2) is 23.9 Å². The Kier molecular flexibility index (Phi) is 11.9. The van der Waals surface area contributed by atoms with Crippen molar-refractivity contribution in [3.05, 3.63) is 131 Å². The average molecular weight is 637 g/mol. The van der Waals surface area contributed by atoms with Crippen LogP contribution in [0.5, 0.6) is 23.0 Å². The Bertz CT molecular complexity index is 1880. The van der Waals surface area contributed by atoms with Crippen molar-refractivity contribution in [3.63, 3.8) is 0 Å². The third-order valence-electron chi connectivity index (χ3n) is 6.11. The minimum Gasteiger partial charge on any atom is -0.423 e. The number of esters is 4. The van der Waals surface area contributed by atoms with Crippen molar-refractivity contribution in [3.8, 4) is 23.0 Å². The Balaban J connectivity index is 1.88. The molecule has 3 rings (SSSR count). The fourth-order valence-electron chi connectivity index (χ4n) is 3.52. The van der Waals surface area contributed by atoms with Gasteiger partial charge in [-0.15, -0.1) is 0 Å². The lowest BCUT2D eigenvalue weighted by Gasteiger charge is -2.11. The zero-order valence-corrected chi connectivity index (χ0v) is 26.5. The summed E-state index contributed by atoms with van der Waals surface area (Å²) in [5, 5.41) is 0. The van der Waals surface area contributed by atoms with Gasteiger partial charge in [0, 0.05) is 51.1 Å². The van der Waals surface area contributed by atoms with Crippen molar-refractivity contribution in [2.75, 3.05) is 0 Å². The van der Waals surface area contributed by atoms with E-state index in [1.54, 1.807) is 42.5 Å². The largest absolute Gasteiger partial charge is 0.423 e. The predicted octanol–water partition coefficient (Wildman–Crippen LogP) is 8.09. The fourth-order valence-corrected chi connectivity index (χ4v) is 3.52. The van der Waals surface area contributed by atoms with E-state index < -0.39 is 29.7 Å². The number of hydrogen-bond donors (Lipinski definition) is 0. The van der Waals surface area contributed by atoms with Gasteiger partial charge in [-0.2, -0.15) is 0 Å². The lowest BCUT2D eigenvalue weighted by atomic mass is 10.1. The molecule has 47 heavy (non-hydrogen) atoms. The maximum Gasteiger partial charge on any atom is 0.338 e. The molecule has 0 aromatic heterocycles. The Morgan fingerprint density at radius 2 is 0.872 bits per heavy atom. The topological polar surface area (TPSA) is 105 Å². The smallest absolute Gasteiger partial charge is 0.338 e. The maximum atomic E-state index is 15.2. The number of benzene rings is 3. The molecule has 0 saturated heterocycles. The highest BCUT2D eigenvalue weighted by Crippen LogP contribution is 2.30. The van der Waals surface area contributed by atoms with Gasteiger partial charge in [0.1, 0.15) is 28.8 Å². The summed E-state index contributed by atoms with van der Waals surface area (Å²) in [6.07, 6.45) is 6.27. The standard InChI is InChI=1S/C38H33FO8/c1-22(2)35(40)44-30-17-15-28(33(20-30)46-37(42)24(5)6)12-10-26-9-11-27(32(39)19-26)13-14-29-16-18-31(45-36(41)23(3)4)21-34(29)47-38(43)25(7)8/h9-21H,1,3,5,7H2,2,4,6,8H3/b12-10+,14-13+. The molecule has 0 amide bonds. The van der Waals surface area contributed by atoms with Gasteiger partial charge >= 0.3 is 23.9 Å². The van der Waals surface area contributed by atoms with Crippen LogP contribution in [0.3, 0.4) is 0 Å². The van der Waals surface area contributed by atoms with Crippen molar-refractivity contribution in [1.29, 1.82) is 0 Å². The van der Waals surface area contributed by atoms with Crippen LogP contribution in [0.1, 0.15) is 49.9 Å². The molecule has 0 aliphatic heterocycles. The molecule has 0 bridgehead atoms. The average Bonchev–Trinajstić information content (AvgIpc) is 3.00. The molecule has 0 spiro atoms. The Labute approximate surface area is 272 Å². The molecule has 0 atom stereocenters. The molecule has 0 saturated carbocycles.